The number of carbonyl (C=O) groups excluding carboxylic acids is 1. The second kappa shape index (κ2) is 9.76. The van der Waals surface area contributed by atoms with E-state index >= 15 is 0 Å². The molecule has 5 nitrogen and oxygen atoms in total. The van der Waals surface area contributed by atoms with Gasteiger partial charge in [0.05, 0.1) is 5.75 Å². The smallest absolute Gasteiger partial charge is 0.237 e. The lowest BCUT2D eigenvalue weighted by atomic mass is 10.2. The Morgan fingerprint density at radius 1 is 1.21 bits per heavy atom. The number of thioether (sulfide) groups is 1. The van der Waals surface area contributed by atoms with Crippen LogP contribution in [0, 0.1) is 6.92 Å². The lowest BCUT2D eigenvalue weighted by Crippen LogP contribution is -2.32. The minimum absolute atomic E-state index is 0.0352. The van der Waals surface area contributed by atoms with Crippen LogP contribution in [0.3, 0.4) is 0 Å². The molecule has 7 heteroatoms. The number of halogens is 1. The number of carbonyl (C=O) groups is 1. The Labute approximate surface area is 180 Å². The van der Waals surface area contributed by atoms with Gasteiger partial charge in [-0.05, 0) is 49.7 Å². The van der Waals surface area contributed by atoms with E-state index in [1.54, 1.807) is 11.0 Å². The van der Waals surface area contributed by atoms with Crippen molar-refractivity contribution in [2.24, 2.45) is 0 Å². The van der Waals surface area contributed by atoms with E-state index in [1.807, 2.05) is 66.9 Å². The Morgan fingerprint density at radius 2 is 1.93 bits per heavy atom. The van der Waals surface area contributed by atoms with E-state index in [0.29, 0.717) is 23.3 Å². The van der Waals surface area contributed by atoms with Gasteiger partial charge in [0.15, 0.2) is 11.0 Å². The van der Waals surface area contributed by atoms with E-state index in [4.69, 9.17) is 11.6 Å². The average Bonchev–Trinajstić information content (AvgIpc) is 3.12. The molecule has 150 valence electrons. The van der Waals surface area contributed by atoms with Gasteiger partial charge >= 0.3 is 0 Å². The normalized spacial score (nSPS) is 10.7. The number of rotatable bonds is 8. The standard InChI is InChI=1S/C22H23ClN4OS/c1-4-14-27-21(17-10-12-18(23)13-11-17)24-25-22(27)29-15-20(28)26(5-2)19-9-7-6-8-16(19)3/h4,6-13H,1,5,14-15H2,2-3H3. The number of nitrogens with zero attached hydrogens (tertiary/aromatic N) is 4. The number of anilines is 1. The van der Waals surface area contributed by atoms with Gasteiger partial charge in [-0.1, -0.05) is 47.6 Å². The molecule has 0 N–H and O–H groups in total. The summed E-state index contributed by atoms with van der Waals surface area (Å²) in [6.45, 7) is 8.98. The molecule has 0 bridgehead atoms. The number of para-hydroxylation sites is 1. The van der Waals surface area contributed by atoms with Gasteiger partial charge in [-0.15, -0.1) is 16.8 Å². The van der Waals surface area contributed by atoms with Crippen LogP contribution in [0.25, 0.3) is 11.4 Å². The third-order valence-corrected chi connectivity index (χ3v) is 5.68. The van der Waals surface area contributed by atoms with Crippen molar-refractivity contribution in [1.82, 2.24) is 14.8 Å². The molecular formula is C22H23ClN4OS. The molecule has 0 saturated heterocycles. The predicted molar refractivity (Wildman–Crippen MR) is 121 cm³/mol. The van der Waals surface area contributed by atoms with Crippen LogP contribution in [0.2, 0.25) is 5.02 Å². The molecule has 3 rings (SSSR count). The Hall–Kier alpha value is -2.57. The molecule has 0 unspecified atom stereocenters. The van der Waals surface area contributed by atoms with Crippen LogP contribution in [0.4, 0.5) is 5.69 Å². The molecule has 0 radical (unpaired) electrons. The molecule has 0 aliphatic rings. The number of aromatic nitrogens is 3. The van der Waals surface area contributed by atoms with Crippen LogP contribution in [0.15, 0.2) is 66.3 Å². The third kappa shape index (κ3) is 4.89. The summed E-state index contributed by atoms with van der Waals surface area (Å²) in [5, 5.41) is 9.98. The van der Waals surface area contributed by atoms with Crippen LogP contribution < -0.4 is 4.90 Å². The lowest BCUT2D eigenvalue weighted by molar-refractivity contribution is -0.116. The van der Waals surface area contributed by atoms with Crippen molar-refractivity contribution in [2.75, 3.05) is 17.2 Å². The molecule has 3 aromatic rings. The summed E-state index contributed by atoms with van der Waals surface area (Å²) in [5.74, 6) is 1.04. The number of allylic oxidation sites excluding steroid dienone is 1. The maximum Gasteiger partial charge on any atom is 0.237 e. The second-order valence-electron chi connectivity index (χ2n) is 6.43. The van der Waals surface area contributed by atoms with E-state index in [2.05, 4.69) is 16.8 Å². The van der Waals surface area contributed by atoms with E-state index in [9.17, 15) is 4.79 Å². The van der Waals surface area contributed by atoms with Gasteiger partial charge in [0, 0.05) is 29.4 Å². The van der Waals surface area contributed by atoms with E-state index in [-0.39, 0.29) is 11.7 Å². The zero-order chi connectivity index (χ0) is 20.8. The SMILES string of the molecule is C=CCn1c(SCC(=O)N(CC)c2ccccc2C)nnc1-c1ccc(Cl)cc1. The first-order valence-electron chi connectivity index (χ1n) is 9.34. The molecule has 0 saturated carbocycles. The van der Waals surface area contributed by atoms with Gasteiger partial charge in [0.25, 0.3) is 0 Å². The fraction of sp³-hybridized carbons (Fsp3) is 0.227. The minimum Gasteiger partial charge on any atom is -0.312 e. The topological polar surface area (TPSA) is 51.0 Å². The highest BCUT2D eigenvalue weighted by Crippen LogP contribution is 2.26. The van der Waals surface area contributed by atoms with Crippen LogP contribution in [-0.2, 0) is 11.3 Å². The molecule has 1 aromatic heterocycles. The molecule has 1 amide bonds. The van der Waals surface area contributed by atoms with Gasteiger partial charge in [-0.25, -0.2) is 0 Å². The quantitative estimate of drug-likeness (QED) is 0.365. The average molecular weight is 427 g/mol. The van der Waals surface area contributed by atoms with Gasteiger partial charge in [0.1, 0.15) is 0 Å². The first kappa shape index (κ1) is 21.1. The van der Waals surface area contributed by atoms with E-state index in [0.717, 1.165) is 22.6 Å². The third-order valence-electron chi connectivity index (χ3n) is 4.48. The fourth-order valence-corrected chi connectivity index (χ4v) is 4.00. The van der Waals surface area contributed by atoms with Crippen molar-refractivity contribution in [3.63, 3.8) is 0 Å². The molecular weight excluding hydrogens is 404 g/mol. The fourth-order valence-electron chi connectivity index (χ4n) is 3.05. The molecule has 0 spiro atoms. The zero-order valence-electron chi connectivity index (χ0n) is 16.5. The Kier molecular flexibility index (Phi) is 7.12. The zero-order valence-corrected chi connectivity index (χ0v) is 18.1. The van der Waals surface area contributed by atoms with Gasteiger partial charge in [-0.2, -0.15) is 0 Å². The second-order valence-corrected chi connectivity index (χ2v) is 7.80. The van der Waals surface area contributed by atoms with E-state index in [1.165, 1.54) is 11.8 Å². The van der Waals surface area contributed by atoms with Crippen molar-refractivity contribution < 1.29 is 4.79 Å². The molecule has 0 aliphatic heterocycles. The highest BCUT2D eigenvalue weighted by atomic mass is 35.5. The summed E-state index contributed by atoms with van der Waals surface area (Å²) in [5.41, 5.74) is 2.93. The lowest BCUT2D eigenvalue weighted by Gasteiger charge is -2.22. The summed E-state index contributed by atoms with van der Waals surface area (Å²) in [4.78, 5) is 14.7. The summed E-state index contributed by atoms with van der Waals surface area (Å²) in [6, 6.07) is 15.4. The molecule has 2 aromatic carbocycles. The minimum atomic E-state index is 0.0352. The number of hydrogen-bond donors (Lipinski definition) is 0. The Balaban J connectivity index is 1.79. The van der Waals surface area contributed by atoms with Crippen LogP contribution in [-0.4, -0.2) is 33.0 Å². The number of aryl methyl sites for hydroxylation is 1. The molecule has 0 atom stereocenters. The van der Waals surface area contributed by atoms with Crippen molar-refractivity contribution >= 4 is 35.0 Å². The van der Waals surface area contributed by atoms with Crippen LogP contribution in [0.5, 0.6) is 0 Å². The maximum atomic E-state index is 12.9. The maximum absolute atomic E-state index is 12.9. The number of benzene rings is 2. The van der Waals surface area contributed by atoms with Gasteiger partial charge < -0.3 is 4.90 Å². The van der Waals surface area contributed by atoms with Crippen LogP contribution in [0.1, 0.15) is 12.5 Å². The van der Waals surface area contributed by atoms with Gasteiger partial charge in [0.2, 0.25) is 5.91 Å². The summed E-state index contributed by atoms with van der Waals surface area (Å²) in [6.07, 6.45) is 1.79. The summed E-state index contributed by atoms with van der Waals surface area (Å²) in [7, 11) is 0. The monoisotopic (exact) mass is 426 g/mol. The van der Waals surface area contributed by atoms with E-state index < -0.39 is 0 Å². The number of amides is 1. The van der Waals surface area contributed by atoms with Crippen molar-refractivity contribution in [3.05, 3.63) is 71.8 Å². The summed E-state index contributed by atoms with van der Waals surface area (Å²) < 4.78 is 1.96. The Bertz CT molecular complexity index is 1000. The summed E-state index contributed by atoms with van der Waals surface area (Å²) >= 11 is 7.37. The highest BCUT2D eigenvalue weighted by molar-refractivity contribution is 7.99. The molecule has 1 heterocycles. The van der Waals surface area contributed by atoms with Crippen molar-refractivity contribution in [3.8, 4) is 11.4 Å². The first-order chi connectivity index (χ1) is 14.0. The highest BCUT2D eigenvalue weighted by Gasteiger charge is 2.19. The van der Waals surface area contributed by atoms with Gasteiger partial charge in [-0.3, -0.25) is 9.36 Å². The van der Waals surface area contributed by atoms with Crippen molar-refractivity contribution in [2.45, 2.75) is 25.5 Å². The van der Waals surface area contributed by atoms with Crippen LogP contribution >= 0.6 is 23.4 Å². The molecule has 0 fully saturated rings. The largest absolute Gasteiger partial charge is 0.312 e. The molecule has 0 aliphatic carbocycles. The number of hydrogen-bond acceptors (Lipinski definition) is 4. The van der Waals surface area contributed by atoms with Crippen molar-refractivity contribution in [1.29, 1.82) is 0 Å². The molecule has 29 heavy (non-hydrogen) atoms. The first-order valence-corrected chi connectivity index (χ1v) is 10.7. The Morgan fingerprint density at radius 3 is 2.59 bits per heavy atom. The predicted octanol–water partition coefficient (Wildman–Crippen LogP) is 5.24.